The van der Waals surface area contributed by atoms with Gasteiger partial charge >= 0.3 is 0 Å². The van der Waals surface area contributed by atoms with E-state index in [1.165, 1.54) is 12.5 Å². The van der Waals surface area contributed by atoms with Crippen molar-refractivity contribution in [3.05, 3.63) is 30.2 Å². The van der Waals surface area contributed by atoms with Crippen LogP contribution in [0.5, 0.6) is 0 Å². The molecule has 0 radical (unpaired) electrons. The van der Waals surface area contributed by atoms with Crippen molar-refractivity contribution in [3.63, 3.8) is 0 Å². The van der Waals surface area contributed by atoms with Crippen molar-refractivity contribution in [1.82, 2.24) is 30.5 Å². The summed E-state index contributed by atoms with van der Waals surface area (Å²) in [5.41, 5.74) is -0.378. The third-order valence-corrected chi connectivity index (χ3v) is 5.73. The van der Waals surface area contributed by atoms with Crippen molar-refractivity contribution in [3.8, 4) is 11.4 Å². The molecule has 1 aliphatic heterocycles. The number of nitrogens with one attached hydrogen (secondary N) is 2. The molecule has 29 heavy (non-hydrogen) atoms. The topological polar surface area (TPSA) is 103 Å². The maximum atomic E-state index is 14.7. The molecule has 4 rings (SSSR count). The summed E-state index contributed by atoms with van der Waals surface area (Å²) in [6, 6.07) is 0.540. The molecule has 2 atom stereocenters. The molecule has 1 fully saturated rings. The van der Waals surface area contributed by atoms with E-state index in [0.717, 1.165) is 6.07 Å². The number of aromatic amines is 1. The fraction of sp³-hybridized carbons (Fsp3) is 0.474. The van der Waals surface area contributed by atoms with Crippen molar-refractivity contribution in [2.24, 2.45) is 5.92 Å². The molecule has 0 bridgehead atoms. The highest BCUT2D eigenvalue weighted by Gasteiger charge is 2.38. The summed E-state index contributed by atoms with van der Waals surface area (Å²) in [5.74, 6) is -1.53. The number of nitrogens with zero attached hydrogens (tertiary/aromatic N) is 5. The molecule has 3 aromatic rings. The average molecular weight is 403 g/mol. The number of rotatable bonds is 4. The second-order valence-corrected chi connectivity index (χ2v) is 7.82. The number of H-pyrrole nitrogens is 1. The first-order valence-electron chi connectivity index (χ1n) is 9.50. The van der Waals surface area contributed by atoms with Crippen LogP contribution in [-0.2, 0) is 0 Å². The van der Waals surface area contributed by atoms with Gasteiger partial charge in [-0.3, -0.25) is 5.10 Å². The smallest absolute Gasteiger partial charge is 0.184 e. The minimum Gasteiger partial charge on any atom is -0.388 e. The van der Waals surface area contributed by atoms with E-state index in [-0.39, 0.29) is 23.5 Å². The third kappa shape index (κ3) is 3.42. The normalized spacial score (nSPS) is 19.7. The standard InChI is InChI=1S/C19H23F2N7O/c1-10(2)19(3,29)14-8-28(5-4-23-14)18-13(21)6-12(20)16(25-18)15-11-7-22-9-24-17(11)27-26-15/h6-7,9-10,14,23,29H,4-5,8H2,1-3H3,(H,22,24,26,27). The van der Waals surface area contributed by atoms with Crippen molar-refractivity contribution >= 4 is 16.9 Å². The zero-order valence-corrected chi connectivity index (χ0v) is 16.4. The van der Waals surface area contributed by atoms with Gasteiger partial charge in [0, 0.05) is 31.9 Å². The molecule has 10 heteroatoms. The number of aliphatic hydroxyl groups is 1. The van der Waals surface area contributed by atoms with Gasteiger partial charge < -0.3 is 15.3 Å². The Morgan fingerprint density at radius 2 is 2.10 bits per heavy atom. The zero-order chi connectivity index (χ0) is 20.8. The number of halogens is 2. The second-order valence-electron chi connectivity index (χ2n) is 7.82. The fourth-order valence-electron chi connectivity index (χ4n) is 3.53. The number of anilines is 1. The lowest BCUT2D eigenvalue weighted by molar-refractivity contribution is -0.0232. The number of fused-ring (bicyclic) bond motifs is 1. The van der Waals surface area contributed by atoms with Gasteiger partial charge in [0.15, 0.2) is 23.1 Å². The van der Waals surface area contributed by atoms with Gasteiger partial charge in [0.05, 0.1) is 22.7 Å². The molecule has 0 amide bonds. The second kappa shape index (κ2) is 7.27. The molecule has 3 N–H and O–H groups in total. The maximum Gasteiger partial charge on any atom is 0.184 e. The highest BCUT2D eigenvalue weighted by atomic mass is 19.1. The van der Waals surface area contributed by atoms with Crippen LogP contribution in [0.2, 0.25) is 0 Å². The Bertz CT molecular complexity index is 1040. The summed E-state index contributed by atoms with van der Waals surface area (Å²) < 4.78 is 29.3. The number of piperazine rings is 1. The number of hydrogen-bond donors (Lipinski definition) is 3. The lowest BCUT2D eigenvalue weighted by Crippen LogP contribution is -2.62. The fourth-order valence-corrected chi connectivity index (χ4v) is 3.53. The largest absolute Gasteiger partial charge is 0.388 e. The molecular weight excluding hydrogens is 380 g/mol. The molecule has 8 nitrogen and oxygen atoms in total. The lowest BCUT2D eigenvalue weighted by Gasteiger charge is -2.43. The van der Waals surface area contributed by atoms with Gasteiger partial charge in [0.2, 0.25) is 0 Å². The summed E-state index contributed by atoms with van der Waals surface area (Å²) in [7, 11) is 0. The zero-order valence-electron chi connectivity index (χ0n) is 16.4. The van der Waals surface area contributed by atoms with Crippen LogP contribution >= 0.6 is 0 Å². The van der Waals surface area contributed by atoms with Crippen LogP contribution in [0.4, 0.5) is 14.6 Å². The highest BCUT2D eigenvalue weighted by Crippen LogP contribution is 2.31. The Kier molecular flexibility index (Phi) is 4.91. The Balaban J connectivity index is 1.73. The molecule has 1 saturated heterocycles. The van der Waals surface area contributed by atoms with Crippen molar-refractivity contribution < 1.29 is 13.9 Å². The molecule has 0 spiro atoms. The van der Waals surface area contributed by atoms with Crippen LogP contribution in [0.3, 0.4) is 0 Å². The van der Waals surface area contributed by atoms with E-state index in [4.69, 9.17) is 0 Å². The Hall–Kier alpha value is -2.72. The molecule has 2 unspecified atom stereocenters. The third-order valence-electron chi connectivity index (χ3n) is 5.73. The first-order chi connectivity index (χ1) is 13.8. The summed E-state index contributed by atoms with van der Waals surface area (Å²) in [6.45, 7) is 6.99. The van der Waals surface area contributed by atoms with E-state index in [1.54, 1.807) is 11.8 Å². The van der Waals surface area contributed by atoms with Gasteiger partial charge in [-0.15, -0.1) is 0 Å². The van der Waals surface area contributed by atoms with E-state index in [0.29, 0.717) is 36.4 Å². The SMILES string of the molecule is CC(C)C(C)(O)C1CN(c2nc(-c3[nH]nc4ncncc34)c(F)cc2F)CCN1. The van der Waals surface area contributed by atoms with E-state index >= 15 is 0 Å². The van der Waals surface area contributed by atoms with Crippen LogP contribution in [0.15, 0.2) is 18.6 Å². The van der Waals surface area contributed by atoms with Crippen LogP contribution in [-0.4, -0.2) is 61.5 Å². The summed E-state index contributed by atoms with van der Waals surface area (Å²) in [4.78, 5) is 14.0. The highest BCUT2D eigenvalue weighted by molar-refractivity contribution is 5.89. The number of aromatic nitrogens is 5. The van der Waals surface area contributed by atoms with Gasteiger partial charge in [0.1, 0.15) is 12.0 Å². The number of pyridine rings is 1. The number of hydrogen-bond acceptors (Lipinski definition) is 7. The first kappa shape index (κ1) is 19.6. The molecule has 1 aliphatic rings. The van der Waals surface area contributed by atoms with Crippen LogP contribution in [0.1, 0.15) is 20.8 Å². The van der Waals surface area contributed by atoms with E-state index in [1.807, 2.05) is 13.8 Å². The average Bonchev–Trinajstić information content (AvgIpc) is 3.12. The lowest BCUT2D eigenvalue weighted by atomic mass is 9.84. The molecule has 0 aliphatic carbocycles. The quantitative estimate of drug-likeness (QED) is 0.611. The monoisotopic (exact) mass is 403 g/mol. The molecule has 154 valence electrons. The van der Waals surface area contributed by atoms with Crippen LogP contribution in [0.25, 0.3) is 22.4 Å². The van der Waals surface area contributed by atoms with Gasteiger partial charge in [0.25, 0.3) is 0 Å². The van der Waals surface area contributed by atoms with Gasteiger partial charge in [-0.05, 0) is 12.8 Å². The Morgan fingerprint density at radius 3 is 2.86 bits per heavy atom. The Morgan fingerprint density at radius 1 is 1.31 bits per heavy atom. The summed E-state index contributed by atoms with van der Waals surface area (Å²) in [6.07, 6.45) is 2.85. The van der Waals surface area contributed by atoms with Crippen LogP contribution < -0.4 is 10.2 Å². The first-order valence-corrected chi connectivity index (χ1v) is 9.50. The van der Waals surface area contributed by atoms with E-state index in [9.17, 15) is 13.9 Å². The predicted molar refractivity (Wildman–Crippen MR) is 104 cm³/mol. The molecule has 4 heterocycles. The van der Waals surface area contributed by atoms with Crippen LogP contribution in [0, 0.1) is 17.6 Å². The minimum absolute atomic E-state index is 0.00195. The molecule has 0 saturated carbocycles. The van der Waals surface area contributed by atoms with Crippen molar-refractivity contribution in [2.75, 3.05) is 24.5 Å². The minimum atomic E-state index is -0.991. The van der Waals surface area contributed by atoms with Crippen molar-refractivity contribution in [2.45, 2.75) is 32.4 Å². The maximum absolute atomic E-state index is 14.7. The Labute approximate surface area is 166 Å². The van der Waals surface area contributed by atoms with Gasteiger partial charge in [-0.25, -0.2) is 23.7 Å². The summed E-state index contributed by atoms with van der Waals surface area (Å²) >= 11 is 0. The van der Waals surface area contributed by atoms with Gasteiger partial charge in [-0.1, -0.05) is 13.8 Å². The molecular formula is C19H23F2N7O. The molecule has 0 aromatic carbocycles. The van der Waals surface area contributed by atoms with E-state index in [2.05, 4.69) is 30.5 Å². The predicted octanol–water partition coefficient (Wildman–Crippen LogP) is 1.88. The molecule has 3 aromatic heterocycles. The van der Waals surface area contributed by atoms with Crippen molar-refractivity contribution in [1.29, 1.82) is 0 Å². The van der Waals surface area contributed by atoms with E-state index < -0.39 is 17.2 Å². The summed E-state index contributed by atoms with van der Waals surface area (Å²) in [5, 5.41) is 21.4. The van der Waals surface area contributed by atoms with Gasteiger partial charge in [-0.2, -0.15) is 5.10 Å².